The number of nitrogen functional groups attached to an aromatic ring is 1. The van der Waals surface area contributed by atoms with Crippen LogP contribution in [0.5, 0.6) is 0 Å². The zero-order valence-corrected chi connectivity index (χ0v) is 7.70. The summed E-state index contributed by atoms with van der Waals surface area (Å²) in [5.41, 5.74) is 5.07. The Morgan fingerprint density at radius 1 is 1.27 bits per heavy atom. The van der Waals surface area contributed by atoms with Crippen molar-refractivity contribution < 1.29 is 4.39 Å². The van der Waals surface area contributed by atoms with Crippen LogP contribution in [0.15, 0.2) is 35.1 Å². The smallest absolute Gasteiger partial charge is 0.289 e. The Labute approximate surface area is 84.6 Å². The van der Waals surface area contributed by atoms with Gasteiger partial charge in [0.25, 0.3) is 5.56 Å². The maximum atomic E-state index is 12.9. The average molecular weight is 205 g/mol. The Hall–Kier alpha value is -2.17. The molecule has 76 valence electrons. The van der Waals surface area contributed by atoms with Gasteiger partial charge in [0.2, 0.25) is 5.82 Å². The molecule has 0 saturated carbocycles. The van der Waals surface area contributed by atoms with Gasteiger partial charge in [0.1, 0.15) is 5.82 Å². The molecule has 15 heavy (non-hydrogen) atoms. The van der Waals surface area contributed by atoms with Crippen LogP contribution in [0.1, 0.15) is 0 Å². The summed E-state index contributed by atoms with van der Waals surface area (Å²) in [5, 5.41) is 0. The highest BCUT2D eigenvalue weighted by Crippen LogP contribution is 2.13. The molecule has 4 nitrogen and oxygen atoms in total. The van der Waals surface area contributed by atoms with E-state index in [1.165, 1.54) is 0 Å². The van der Waals surface area contributed by atoms with Crippen molar-refractivity contribution in [3.05, 3.63) is 46.5 Å². The van der Waals surface area contributed by atoms with Gasteiger partial charge in [-0.3, -0.25) is 4.79 Å². The van der Waals surface area contributed by atoms with Crippen LogP contribution in [0.3, 0.4) is 0 Å². The molecule has 0 fully saturated rings. The van der Waals surface area contributed by atoms with Gasteiger partial charge in [-0.05, 0) is 0 Å². The summed E-state index contributed by atoms with van der Waals surface area (Å²) < 4.78 is 12.9. The van der Waals surface area contributed by atoms with Crippen molar-refractivity contribution in [2.24, 2.45) is 0 Å². The number of H-pyrrole nitrogens is 1. The molecule has 0 bridgehead atoms. The van der Waals surface area contributed by atoms with E-state index < -0.39 is 17.2 Å². The van der Waals surface area contributed by atoms with Crippen LogP contribution in [0.25, 0.3) is 11.4 Å². The maximum Gasteiger partial charge on any atom is 0.289 e. The third kappa shape index (κ3) is 1.71. The van der Waals surface area contributed by atoms with Gasteiger partial charge in [0, 0.05) is 5.56 Å². The standard InChI is InChI=1S/C10H8FN3O/c11-7-8(12)13-9(14-10(7)15)6-4-2-1-3-5-6/h1-5H,(H3,12,13,14,15). The van der Waals surface area contributed by atoms with Crippen LogP contribution >= 0.6 is 0 Å². The van der Waals surface area contributed by atoms with Crippen molar-refractivity contribution in [2.45, 2.75) is 0 Å². The Morgan fingerprint density at radius 2 is 1.93 bits per heavy atom. The number of nitrogens with zero attached hydrogens (tertiary/aromatic N) is 1. The number of benzene rings is 1. The predicted octanol–water partition coefficient (Wildman–Crippen LogP) is 1.16. The Morgan fingerprint density at radius 3 is 2.53 bits per heavy atom. The zero-order chi connectivity index (χ0) is 10.8. The van der Waals surface area contributed by atoms with Crippen molar-refractivity contribution in [1.82, 2.24) is 9.97 Å². The first-order chi connectivity index (χ1) is 7.18. The highest BCUT2D eigenvalue weighted by atomic mass is 19.1. The number of anilines is 1. The molecule has 1 heterocycles. The summed E-state index contributed by atoms with van der Waals surface area (Å²) in [7, 11) is 0. The fourth-order valence-electron chi connectivity index (χ4n) is 1.21. The fourth-order valence-corrected chi connectivity index (χ4v) is 1.21. The largest absolute Gasteiger partial charge is 0.381 e. The monoisotopic (exact) mass is 205 g/mol. The molecule has 0 unspecified atom stereocenters. The molecule has 0 saturated heterocycles. The van der Waals surface area contributed by atoms with E-state index in [0.29, 0.717) is 5.56 Å². The molecule has 0 aliphatic carbocycles. The highest BCUT2D eigenvalue weighted by Gasteiger charge is 2.08. The molecule has 1 aromatic heterocycles. The number of nitrogens with one attached hydrogen (secondary N) is 1. The third-order valence-electron chi connectivity index (χ3n) is 1.94. The molecule has 2 aromatic rings. The quantitative estimate of drug-likeness (QED) is 0.733. The Balaban J connectivity index is 2.61. The molecule has 0 atom stereocenters. The van der Waals surface area contributed by atoms with Crippen LogP contribution < -0.4 is 11.3 Å². The number of hydrogen-bond donors (Lipinski definition) is 2. The second kappa shape index (κ2) is 3.53. The highest BCUT2D eigenvalue weighted by molar-refractivity contribution is 5.55. The lowest BCUT2D eigenvalue weighted by atomic mass is 10.2. The fraction of sp³-hybridized carbons (Fsp3) is 0. The topological polar surface area (TPSA) is 71.8 Å². The van der Waals surface area contributed by atoms with Crippen molar-refractivity contribution in [3.8, 4) is 11.4 Å². The Bertz CT molecular complexity index is 536. The van der Waals surface area contributed by atoms with Crippen molar-refractivity contribution >= 4 is 5.82 Å². The summed E-state index contributed by atoms with van der Waals surface area (Å²) in [4.78, 5) is 17.1. The number of rotatable bonds is 1. The van der Waals surface area contributed by atoms with Crippen LogP contribution in [-0.4, -0.2) is 9.97 Å². The van der Waals surface area contributed by atoms with Gasteiger partial charge in [0.15, 0.2) is 5.82 Å². The molecule has 3 N–H and O–H groups in total. The number of halogens is 1. The minimum atomic E-state index is -1.05. The molecular weight excluding hydrogens is 197 g/mol. The number of nitrogens with two attached hydrogens (primary N) is 1. The molecule has 0 aliphatic rings. The molecule has 2 rings (SSSR count). The molecule has 0 radical (unpaired) electrons. The van der Waals surface area contributed by atoms with E-state index >= 15 is 0 Å². The van der Waals surface area contributed by atoms with Gasteiger partial charge in [-0.1, -0.05) is 30.3 Å². The van der Waals surface area contributed by atoms with Crippen molar-refractivity contribution in [3.63, 3.8) is 0 Å². The molecular formula is C10H8FN3O. The predicted molar refractivity (Wildman–Crippen MR) is 54.7 cm³/mol. The normalized spacial score (nSPS) is 10.2. The lowest BCUT2D eigenvalue weighted by Crippen LogP contribution is -2.16. The van der Waals surface area contributed by atoms with Crippen LogP contribution in [-0.2, 0) is 0 Å². The first kappa shape index (κ1) is 9.39. The summed E-state index contributed by atoms with van der Waals surface area (Å²) in [5.74, 6) is -1.17. The number of aromatic nitrogens is 2. The first-order valence-electron chi connectivity index (χ1n) is 4.29. The van der Waals surface area contributed by atoms with Crippen molar-refractivity contribution in [1.29, 1.82) is 0 Å². The van der Waals surface area contributed by atoms with E-state index in [1.54, 1.807) is 24.3 Å². The third-order valence-corrected chi connectivity index (χ3v) is 1.94. The van der Waals surface area contributed by atoms with E-state index in [0.717, 1.165) is 0 Å². The molecule has 1 aromatic carbocycles. The van der Waals surface area contributed by atoms with E-state index in [-0.39, 0.29) is 5.82 Å². The van der Waals surface area contributed by atoms with Gasteiger partial charge >= 0.3 is 0 Å². The second-order valence-corrected chi connectivity index (χ2v) is 2.98. The maximum absolute atomic E-state index is 12.9. The molecule has 0 spiro atoms. The van der Waals surface area contributed by atoms with Gasteiger partial charge in [0.05, 0.1) is 0 Å². The SMILES string of the molecule is Nc1nc(-c2ccccc2)[nH]c(=O)c1F. The van der Waals surface area contributed by atoms with E-state index in [9.17, 15) is 9.18 Å². The molecule has 5 heteroatoms. The average Bonchev–Trinajstić information content (AvgIpc) is 2.26. The minimum Gasteiger partial charge on any atom is -0.381 e. The zero-order valence-electron chi connectivity index (χ0n) is 7.70. The van der Waals surface area contributed by atoms with Crippen molar-refractivity contribution in [2.75, 3.05) is 5.73 Å². The van der Waals surface area contributed by atoms with E-state index in [4.69, 9.17) is 5.73 Å². The van der Waals surface area contributed by atoms with Crippen LogP contribution in [0.2, 0.25) is 0 Å². The summed E-state index contributed by atoms with van der Waals surface area (Å²) in [6.45, 7) is 0. The number of aromatic amines is 1. The first-order valence-corrected chi connectivity index (χ1v) is 4.29. The van der Waals surface area contributed by atoms with Crippen LogP contribution in [0.4, 0.5) is 10.2 Å². The van der Waals surface area contributed by atoms with Gasteiger partial charge < -0.3 is 10.7 Å². The summed E-state index contributed by atoms with van der Waals surface area (Å²) >= 11 is 0. The van der Waals surface area contributed by atoms with Gasteiger partial charge in [-0.15, -0.1) is 0 Å². The summed E-state index contributed by atoms with van der Waals surface area (Å²) in [6.07, 6.45) is 0. The minimum absolute atomic E-state index is 0.263. The lowest BCUT2D eigenvalue weighted by molar-refractivity contribution is 0.607. The second-order valence-electron chi connectivity index (χ2n) is 2.98. The molecule has 0 amide bonds. The van der Waals surface area contributed by atoms with E-state index in [1.807, 2.05) is 6.07 Å². The molecule has 0 aliphatic heterocycles. The number of hydrogen-bond acceptors (Lipinski definition) is 3. The Kier molecular flexibility index (Phi) is 2.21. The van der Waals surface area contributed by atoms with Gasteiger partial charge in [-0.25, -0.2) is 4.98 Å². The summed E-state index contributed by atoms with van der Waals surface area (Å²) in [6, 6.07) is 8.89. The van der Waals surface area contributed by atoms with Crippen LogP contribution in [0, 0.1) is 5.82 Å². The lowest BCUT2D eigenvalue weighted by Gasteiger charge is -2.01. The van der Waals surface area contributed by atoms with Gasteiger partial charge in [-0.2, -0.15) is 4.39 Å². The van der Waals surface area contributed by atoms with E-state index in [2.05, 4.69) is 9.97 Å².